The van der Waals surface area contributed by atoms with Crippen molar-refractivity contribution in [2.45, 2.75) is 40.5 Å². The molecule has 1 aromatic rings. The van der Waals surface area contributed by atoms with Gasteiger partial charge in [-0.25, -0.2) is 0 Å². The molecule has 0 heterocycles. The monoisotopic (exact) mass is 219 g/mol. The van der Waals surface area contributed by atoms with Gasteiger partial charge in [-0.05, 0) is 31.4 Å². The maximum absolute atomic E-state index is 11.9. The lowest BCUT2D eigenvalue weighted by Gasteiger charge is -2.14. The predicted octanol–water partition coefficient (Wildman–Crippen LogP) is 3.68. The summed E-state index contributed by atoms with van der Waals surface area (Å²) in [5.41, 5.74) is 3.21. The van der Waals surface area contributed by atoms with E-state index >= 15 is 0 Å². The minimum Gasteiger partial charge on any atom is -0.325 e. The van der Waals surface area contributed by atoms with Crippen molar-refractivity contribution in [2.75, 3.05) is 5.32 Å². The molecule has 0 fully saturated rings. The first-order valence-electron chi connectivity index (χ1n) is 5.93. The zero-order valence-corrected chi connectivity index (χ0v) is 10.6. The average molecular weight is 219 g/mol. The Morgan fingerprint density at radius 2 is 1.88 bits per heavy atom. The summed E-state index contributed by atoms with van der Waals surface area (Å²) < 4.78 is 0. The first-order chi connectivity index (χ1) is 7.56. The van der Waals surface area contributed by atoms with E-state index in [1.807, 2.05) is 39.0 Å². The number of hydrogen-bond donors (Lipinski definition) is 1. The molecule has 1 amide bonds. The lowest BCUT2D eigenvalue weighted by Crippen LogP contribution is -2.21. The smallest absolute Gasteiger partial charge is 0.227 e. The molecular weight excluding hydrogens is 198 g/mol. The van der Waals surface area contributed by atoms with E-state index in [-0.39, 0.29) is 11.8 Å². The van der Waals surface area contributed by atoms with Crippen LogP contribution in [0.2, 0.25) is 0 Å². The predicted molar refractivity (Wildman–Crippen MR) is 68.6 cm³/mol. The summed E-state index contributed by atoms with van der Waals surface area (Å²) in [6, 6.07) is 6.05. The number of benzene rings is 1. The highest BCUT2D eigenvalue weighted by Crippen LogP contribution is 2.20. The Hall–Kier alpha value is -1.31. The van der Waals surface area contributed by atoms with E-state index in [0.29, 0.717) is 0 Å². The number of carbonyl (C=O) groups is 1. The molecule has 2 nitrogen and oxygen atoms in total. The van der Waals surface area contributed by atoms with Gasteiger partial charge in [0.25, 0.3) is 0 Å². The van der Waals surface area contributed by atoms with Gasteiger partial charge in [0.2, 0.25) is 5.91 Å². The van der Waals surface area contributed by atoms with Crippen molar-refractivity contribution in [2.24, 2.45) is 5.92 Å². The van der Waals surface area contributed by atoms with Gasteiger partial charge >= 0.3 is 0 Å². The molecule has 1 atom stereocenters. The second-order valence-corrected chi connectivity index (χ2v) is 4.45. The number of aryl methyl sites for hydroxylation is 2. The molecule has 16 heavy (non-hydrogen) atoms. The van der Waals surface area contributed by atoms with Gasteiger partial charge in [-0.3, -0.25) is 4.79 Å². The summed E-state index contributed by atoms with van der Waals surface area (Å²) in [7, 11) is 0. The van der Waals surface area contributed by atoms with E-state index < -0.39 is 0 Å². The maximum atomic E-state index is 11.9. The van der Waals surface area contributed by atoms with Crippen LogP contribution in [0.4, 0.5) is 5.69 Å². The summed E-state index contributed by atoms with van der Waals surface area (Å²) in [4.78, 5) is 11.9. The van der Waals surface area contributed by atoms with E-state index in [9.17, 15) is 4.79 Å². The number of para-hydroxylation sites is 1. The Morgan fingerprint density at radius 3 is 2.38 bits per heavy atom. The summed E-state index contributed by atoms with van der Waals surface area (Å²) in [5, 5.41) is 3.02. The topological polar surface area (TPSA) is 29.1 Å². The fourth-order valence-electron chi connectivity index (χ4n) is 1.82. The van der Waals surface area contributed by atoms with Crippen molar-refractivity contribution in [1.29, 1.82) is 0 Å². The fourth-order valence-corrected chi connectivity index (χ4v) is 1.82. The highest BCUT2D eigenvalue weighted by Gasteiger charge is 2.13. The minimum absolute atomic E-state index is 0.0870. The molecule has 1 aromatic carbocycles. The number of anilines is 1. The molecule has 0 saturated heterocycles. The zero-order chi connectivity index (χ0) is 12.1. The van der Waals surface area contributed by atoms with Crippen LogP contribution in [0.5, 0.6) is 0 Å². The Kier molecular flexibility index (Phi) is 4.53. The molecule has 0 aliphatic heterocycles. The Bertz CT molecular complexity index is 351. The van der Waals surface area contributed by atoms with Gasteiger partial charge in [0, 0.05) is 11.6 Å². The third-order valence-electron chi connectivity index (χ3n) is 2.90. The second-order valence-electron chi connectivity index (χ2n) is 4.45. The number of amides is 1. The zero-order valence-electron chi connectivity index (χ0n) is 10.6. The molecule has 0 radical (unpaired) electrons. The van der Waals surface area contributed by atoms with Gasteiger partial charge in [-0.15, -0.1) is 0 Å². The first kappa shape index (κ1) is 12.8. The van der Waals surface area contributed by atoms with Gasteiger partial charge < -0.3 is 5.32 Å². The van der Waals surface area contributed by atoms with Gasteiger partial charge in [-0.1, -0.05) is 38.5 Å². The number of carbonyl (C=O) groups excluding carboxylic acids is 1. The number of nitrogens with one attached hydrogen (secondary N) is 1. The fraction of sp³-hybridized carbons (Fsp3) is 0.500. The quantitative estimate of drug-likeness (QED) is 0.822. The van der Waals surface area contributed by atoms with Crippen molar-refractivity contribution in [3.8, 4) is 0 Å². The van der Waals surface area contributed by atoms with Crippen molar-refractivity contribution < 1.29 is 4.79 Å². The lowest BCUT2D eigenvalue weighted by atomic mass is 10.0. The number of hydrogen-bond acceptors (Lipinski definition) is 1. The highest BCUT2D eigenvalue weighted by molar-refractivity contribution is 5.93. The SMILES string of the molecule is CCCC(C)C(=O)Nc1c(C)cccc1C. The Balaban J connectivity index is 2.77. The largest absolute Gasteiger partial charge is 0.325 e. The van der Waals surface area contributed by atoms with Gasteiger partial charge in [0.05, 0.1) is 0 Å². The van der Waals surface area contributed by atoms with Crippen LogP contribution < -0.4 is 5.32 Å². The third kappa shape index (κ3) is 3.09. The molecule has 1 N–H and O–H groups in total. The highest BCUT2D eigenvalue weighted by atomic mass is 16.1. The summed E-state index contributed by atoms with van der Waals surface area (Å²) in [5.74, 6) is 0.211. The molecule has 2 heteroatoms. The Labute approximate surface area is 98.1 Å². The molecule has 88 valence electrons. The summed E-state index contributed by atoms with van der Waals surface area (Å²) in [6.07, 6.45) is 1.98. The van der Waals surface area contributed by atoms with E-state index in [4.69, 9.17) is 0 Å². The maximum Gasteiger partial charge on any atom is 0.227 e. The van der Waals surface area contributed by atoms with E-state index in [1.54, 1.807) is 0 Å². The van der Waals surface area contributed by atoms with Crippen LogP contribution in [0.25, 0.3) is 0 Å². The molecule has 0 spiro atoms. The normalized spacial score (nSPS) is 12.2. The molecular formula is C14H21NO. The molecule has 0 aliphatic carbocycles. The summed E-state index contributed by atoms with van der Waals surface area (Å²) in [6.45, 7) is 8.12. The van der Waals surface area contributed by atoms with Crippen LogP contribution in [-0.2, 0) is 4.79 Å². The first-order valence-corrected chi connectivity index (χ1v) is 5.93. The molecule has 0 aromatic heterocycles. The third-order valence-corrected chi connectivity index (χ3v) is 2.90. The van der Waals surface area contributed by atoms with E-state index in [1.165, 1.54) is 0 Å². The van der Waals surface area contributed by atoms with E-state index in [0.717, 1.165) is 29.7 Å². The van der Waals surface area contributed by atoms with Crippen LogP contribution in [0.3, 0.4) is 0 Å². The van der Waals surface area contributed by atoms with Crippen molar-refractivity contribution >= 4 is 11.6 Å². The minimum atomic E-state index is 0.0870. The molecule has 1 rings (SSSR count). The van der Waals surface area contributed by atoms with Gasteiger partial charge in [-0.2, -0.15) is 0 Å². The van der Waals surface area contributed by atoms with Crippen molar-refractivity contribution in [1.82, 2.24) is 0 Å². The van der Waals surface area contributed by atoms with E-state index in [2.05, 4.69) is 12.2 Å². The lowest BCUT2D eigenvalue weighted by molar-refractivity contribution is -0.119. The standard InChI is InChI=1S/C14H21NO/c1-5-7-12(4)14(16)15-13-10(2)8-6-9-11(13)3/h6,8-9,12H,5,7H2,1-4H3,(H,15,16). The Morgan fingerprint density at radius 1 is 1.31 bits per heavy atom. The van der Waals surface area contributed by atoms with Crippen molar-refractivity contribution in [3.63, 3.8) is 0 Å². The molecule has 0 saturated carbocycles. The van der Waals surface area contributed by atoms with Crippen molar-refractivity contribution in [3.05, 3.63) is 29.3 Å². The molecule has 0 bridgehead atoms. The number of rotatable bonds is 4. The van der Waals surface area contributed by atoms with Crippen LogP contribution >= 0.6 is 0 Å². The summed E-state index contributed by atoms with van der Waals surface area (Å²) >= 11 is 0. The molecule has 0 aliphatic rings. The van der Waals surface area contributed by atoms with Crippen LogP contribution in [-0.4, -0.2) is 5.91 Å². The van der Waals surface area contributed by atoms with Gasteiger partial charge in [0.15, 0.2) is 0 Å². The second kappa shape index (κ2) is 5.69. The van der Waals surface area contributed by atoms with Gasteiger partial charge in [0.1, 0.15) is 0 Å². The average Bonchev–Trinajstić information content (AvgIpc) is 2.23. The van der Waals surface area contributed by atoms with Crippen LogP contribution in [0, 0.1) is 19.8 Å². The van der Waals surface area contributed by atoms with Crippen LogP contribution in [0.1, 0.15) is 37.8 Å². The van der Waals surface area contributed by atoms with Crippen LogP contribution in [0.15, 0.2) is 18.2 Å². The molecule has 1 unspecified atom stereocenters.